The van der Waals surface area contributed by atoms with Crippen LogP contribution >= 0.6 is 0 Å². The average molecular weight is 241 g/mol. The number of aliphatic hydroxyl groups is 1. The van der Waals surface area contributed by atoms with Crippen LogP contribution in [0.4, 0.5) is 11.9 Å². The van der Waals surface area contributed by atoms with E-state index in [1.807, 2.05) is 6.92 Å². The van der Waals surface area contributed by atoms with E-state index in [0.717, 1.165) is 6.42 Å². The molecule has 0 saturated heterocycles. The summed E-state index contributed by atoms with van der Waals surface area (Å²) in [5.41, 5.74) is 4.69. The van der Waals surface area contributed by atoms with Gasteiger partial charge in [0.2, 0.25) is 11.9 Å². The van der Waals surface area contributed by atoms with Gasteiger partial charge in [0.25, 0.3) is 0 Å². The molecule has 96 valence electrons. The molecular formula is C10H19N5O2. The van der Waals surface area contributed by atoms with E-state index in [0.29, 0.717) is 18.9 Å². The molecule has 1 unspecified atom stereocenters. The van der Waals surface area contributed by atoms with Crippen LogP contribution in [0.25, 0.3) is 0 Å². The van der Waals surface area contributed by atoms with Crippen molar-refractivity contribution >= 4 is 11.9 Å². The maximum Gasteiger partial charge on any atom is 0.322 e. The molecule has 0 spiro atoms. The van der Waals surface area contributed by atoms with Crippen molar-refractivity contribution in [3.8, 4) is 6.01 Å². The standard InChI is InChI=1S/C10H19N5O2/c1-4-5-10(2,16)6-12-8-13-7(11)14-9(15-8)17-3/h16H,4-6H2,1-3H3,(H3,11,12,13,14,15). The fourth-order valence-corrected chi connectivity index (χ4v) is 1.44. The summed E-state index contributed by atoms with van der Waals surface area (Å²) in [5.74, 6) is 0.375. The normalized spacial score (nSPS) is 14.1. The lowest BCUT2D eigenvalue weighted by Crippen LogP contribution is -2.33. The molecule has 7 heteroatoms. The Morgan fingerprint density at radius 2 is 2.12 bits per heavy atom. The molecule has 1 aromatic heterocycles. The van der Waals surface area contributed by atoms with Crippen LogP contribution in [0.2, 0.25) is 0 Å². The number of nitrogens with two attached hydrogens (primary N) is 1. The van der Waals surface area contributed by atoms with Crippen LogP contribution in [0, 0.1) is 0 Å². The maximum absolute atomic E-state index is 9.98. The smallest absolute Gasteiger partial charge is 0.322 e. The van der Waals surface area contributed by atoms with Crippen LogP contribution in [-0.4, -0.2) is 39.3 Å². The molecule has 0 fully saturated rings. The highest BCUT2D eigenvalue weighted by atomic mass is 16.5. The Hall–Kier alpha value is -1.63. The summed E-state index contributed by atoms with van der Waals surface area (Å²) in [6.45, 7) is 4.11. The minimum absolute atomic E-state index is 0.0782. The van der Waals surface area contributed by atoms with Gasteiger partial charge in [-0.05, 0) is 13.3 Å². The molecular weight excluding hydrogens is 222 g/mol. The zero-order chi connectivity index (χ0) is 12.9. The van der Waals surface area contributed by atoms with Gasteiger partial charge in [0.05, 0.1) is 12.7 Å². The van der Waals surface area contributed by atoms with E-state index in [4.69, 9.17) is 10.5 Å². The van der Waals surface area contributed by atoms with Gasteiger partial charge in [0.15, 0.2) is 0 Å². The summed E-state index contributed by atoms with van der Waals surface area (Å²) in [6, 6.07) is 0.148. The molecule has 17 heavy (non-hydrogen) atoms. The molecule has 0 aliphatic carbocycles. The Labute approximate surface area is 100 Å². The van der Waals surface area contributed by atoms with Crippen molar-refractivity contribution in [3.63, 3.8) is 0 Å². The number of nitrogens with zero attached hydrogens (tertiary/aromatic N) is 3. The van der Waals surface area contributed by atoms with Gasteiger partial charge in [-0.1, -0.05) is 13.3 Å². The lowest BCUT2D eigenvalue weighted by Gasteiger charge is -2.22. The number of ether oxygens (including phenoxy) is 1. The maximum atomic E-state index is 9.98. The summed E-state index contributed by atoms with van der Waals surface area (Å²) in [4.78, 5) is 11.6. The topological polar surface area (TPSA) is 106 Å². The SMILES string of the molecule is CCCC(C)(O)CNc1nc(N)nc(OC)n1. The van der Waals surface area contributed by atoms with Crippen LogP contribution < -0.4 is 15.8 Å². The number of rotatable bonds is 6. The minimum atomic E-state index is -0.802. The Kier molecular flexibility index (Phi) is 4.45. The van der Waals surface area contributed by atoms with Crippen molar-refractivity contribution in [1.82, 2.24) is 15.0 Å². The largest absolute Gasteiger partial charge is 0.467 e. The first kappa shape index (κ1) is 13.4. The summed E-state index contributed by atoms with van der Waals surface area (Å²) in [6.07, 6.45) is 1.59. The molecule has 0 aliphatic heterocycles. The molecule has 1 heterocycles. The zero-order valence-corrected chi connectivity index (χ0v) is 10.4. The van der Waals surface area contributed by atoms with E-state index in [9.17, 15) is 5.11 Å². The van der Waals surface area contributed by atoms with Gasteiger partial charge in [-0.2, -0.15) is 15.0 Å². The summed E-state index contributed by atoms with van der Waals surface area (Å²) in [7, 11) is 1.45. The third-order valence-corrected chi connectivity index (χ3v) is 2.23. The molecule has 0 radical (unpaired) electrons. The molecule has 0 bridgehead atoms. The number of methoxy groups -OCH3 is 1. The van der Waals surface area contributed by atoms with Gasteiger partial charge in [-0.3, -0.25) is 0 Å². The first-order valence-corrected chi connectivity index (χ1v) is 5.48. The van der Waals surface area contributed by atoms with Crippen LogP contribution in [0.15, 0.2) is 0 Å². The van der Waals surface area contributed by atoms with E-state index < -0.39 is 5.60 Å². The van der Waals surface area contributed by atoms with Gasteiger partial charge >= 0.3 is 6.01 Å². The first-order chi connectivity index (χ1) is 7.96. The van der Waals surface area contributed by atoms with Crippen LogP contribution in [0.1, 0.15) is 26.7 Å². The number of aromatic nitrogens is 3. The van der Waals surface area contributed by atoms with Crippen molar-refractivity contribution in [1.29, 1.82) is 0 Å². The lowest BCUT2D eigenvalue weighted by molar-refractivity contribution is 0.0635. The van der Waals surface area contributed by atoms with E-state index >= 15 is 0 Å². The molecule has 0 amide bonds. The quantitative estimate of drug-likeness (QED) is 0.662. The Bertz CT molecular complexity index is 370. The predicted octanol–water partition coefficient (Wildman–Crippen LogP) is 0.425. The van der Waals surface area contributed by atoms with E-state index in [-0.39, 0.29) is 12.0 Å². The second-order valence-corrected chi connectivity index (χ2v) is 4.10. The number of nitrogens with one attached hydrogen (secondary N) is 1. The summed E-state index contributed by atoms with van der Waals surface area (Å²) < 4.78 is 4.87. The van der Waals surface area contributed by atoms with Crippen molar-refractivity contribution in [3.05, 3.63) is 0 Å². The molecule has 1 rings (SSSR count). The second kappa shape index (κ2) is 5.62. The van der Waals surface area contributed by atoms with E-state index in [1.54, 1.807) is 6.92 Å². The Morgan fingerprint density at radius 1 is 1.41 bits per heavy atom. The third-order valence-electron chi connectivity index (χ3n) is 2.23. The van der Waals surface area contributed by atoms with Gasteiger partial charge in [0.1, 0.15) is 0 Å². The van der Waals surface area contributed by atoms with E-state index in [2.05, 4.69) is 20.3 Å². The lowest BCUT2D eigenvalue weighted by atomic mass is 10.0. The zero-order valence-electron chi connectivity index (χ0n) is 10.4. The Balaban J connectivity index is 2.65. The van der Waals surface area contributed by atoms with Crippen molar-refractivity contribution in [2.75, 3.05) is 24.7 Å². The molecule has 1 aromatic rings. The highest BCUT2D eigenvalue weighted by Gasteiger charge is 2.19. The third kappa shape index (κ3) is 4.39. The Morgan fingerprint density at radius 3 is 2.71 bits per heavy atom. The second-order valence-electron chi connectivity index (χ2n) is 4.10. The van der Waals surface area contributed by atoms with Crippen LogP contribution in [-0.2, 0) is 0 Å². The molecule has 0 aliphatic rings. The average Bonchev–Trinajstić information content (AvgIpc) is 2.26. The molecule has 7 nitrogen and oxygen atoms in total. The first-order valence-electron chi connectivity index (χ1n) is 5.48. The number of nitrogen functional groups attached to an aromatic ring is 1. The van der Waals surface area contributed by atoms with Crippen LogP contribution in [0.5, 0.6) is 6.01 Å². The van der Waals surface area contributed by atoms with Crippen molar-refractivity contribution in [2.24, 2.45) is 0 Å². The van der Waals surface area contributed by atoms with Gasteiger partial charge in [0, 0.05) is 6.54 Å². The summed E-state index contributed by atoms with van der Waals surface area (Å²) in [5, 5.41) is 12.9. The van der Waals surface area contributed by atoms with Gasteiger partial charge in [-0.25, -0.2) is 0 Å². The fraction of sp³-hybridized carbons (Fsp3) is 0.700. The van der Waals surface area contributed by atoms with Crippen molar-refractivity contribution < 1.29 is 9.84 Å². The number of hydrogen-bond acceptors (Lipinski definition) is 7. The highest BCUT2D eigenvalue weighted by molar-refractivity contribution is 5.32. The summed E-state index contributed by atoms with van der Waals surface area (Å²) >= 11 is 0. The molecule has 1 atom stereocenters. The minimum Gasteiger partial charge on any atom is -0.467 e. The molecule has 4 N–H and O–H groups in total. The number of hydrogen-bond donors (Lipinski definition) is 3. The fourth-order valence-electron chi connectivity index (χ4n) is 1.44. The molecule has 0 saturated carbocycles. The van der Waals surface area contributed by atoms with Gasteiger partial charge < -0.3 is 20.9 Å². The van der Waals surface area contributed by atoms with Gasteiger partial charge in [-0.15, -0.1) is 0 Å². The van der Waals surface area contributed by atoms with Crippen LogP contribution in [0.3, 0.4) is 0 Å². The van der Waals surface area contributed by atoms with E-state index in [1.165, 1.54) is 7.11 Å². The molecule has 0 aromatic carbocycles. The van der Waals surface area contributed by atoms with Crippen molar-refractivity contribution in [2.45, 2.75) is 32.3 Å². The monoisotopic (exact) mass is 241 g/mol. The number of anilines is 2. The highest BCUT2D eigenvalue weighted by Crippen LogP contribution is 2.14. The predicted molar refractivity (Wildman–Crippen MR) is 64.8 cm³/mol.